The highest BCUT2D eigenvalue weighted by atomic mass is 16.6. The molecule has 6 heteroatoms. The summed E-state index contributed by atoms with van der Waals surface area (Å²) in [5.41, 5.74) is -0.0920. The monoisotopic (exact) mass is 352 g/mol. The number of carbonyl (C=O) groups is 2. The zero-order valence-corrected chi connectivity index (χ0v) is 16.6. The van der Waals surface area contributed by atoms with Crippen LogP contribution in [0.1, 0.15) is 54.9 Å². The van der Waals surface area contributed by atoms with Crippen LogP contribution >= 0.6 is 0 Å². The Morgan fingerprint density at radius 3 is 2.08 bits per heavy atom. The number of nitrogens with zero attached hydrogens (tertiary/aromatic N) is 1. The van der Waals surface area contributed by atoms with E-state index in [0.29, 0.717) is 12.5 Å². The second-order valence-electron chi connectivity index (χ2n) is 9.47. The number of rotatable bonds is 5. The van der Waals surface area contributed by atoms with Crippen LogP contribution in [0.15, 0.2) is 12.2 Å². The van der Waals surface area contributed by atoms with Gasteiger partial charge in [0.25, 0.3) is 0 Å². The molecule has 2 saturated carbocycles. The van der Waals surface area contributed by atoms with Crippen LogP contribution in [0, 0.1) is 11.3 Å². The van der Waals surface area contributed by atoms with E-state index >= 15 is 0 Å². The number of amides is 2. The minimum Gasteiger partial charge on any atom is -0.444 e. The second kappa shape index (κ2) is 6.22. The number of ether oxygens (including phenoxy) is 2. The predicted octanol–water partition coefficient (Wildman–Crippen LogP) is 3.71. The molecular weight excluding hydrogens is 320 g/mol. The van der Waals surface area contributed by atoms with Crippen LogP contribution in [-0.4, -0.2) is 47.4 Å². The summed E-state index contributed by atoms with van der Waals surface area (Å²) in [4.78, 5) is 26.1. The molecule has 0 aliphatic heterocycles. The molecule has 2 aliphatic carbocycles. The van der Waals surface area contributed by atoms with Crippen LogP contribution < -0.4 is 5.32 Å². The van der Waals surface area contributed by atoms with Gasteiger partial charge in [-0.15, -0.1) is 0 Å². The lowest BCUT2D eigenvalue weighted by atomic mass is 10.1. The summed E-state index contributed by atoms with van der Waals surface area (Å²) in [6, 6.07) is 0.223. The van der Waals surface area contributed by atoms with Crippen LogP contribution in [0.2, 0.25) is 0 Å². The lowest BCUT2D eigenvalue weighted by Crippen LogP contribution is -2.43. The van der Waals surface area contributed by atoms with Gasteiger partial charge in [-0.05, 0) is 64.9 Å². The van der Waals surface area contributed by atoms with Crippen molar-refractivity contribution in [3.63, 3.8) is 0 Å². The Morgan fingerprint density at radius 2 is 1.68 bits per heavy atom. The van der Waals surface area contributed by atoms with Crippen LogP contribution in [0.4, 0.5) is 9.59 Å². The zero-order valence-electron chi connectivity index (χ0n) is 16.6. The van der Waals surface area contributed by atoms with Crippen molar-refractivity contribution in [1.29, 1.82) is 0 Å². The van der Waals surface area contributed by atoms with Gasteiger partial charge in [-0.1, -0.05) is 13.5 Å². The molecule has 0 heterocycles. The van der Waals surface area contributed by atoms with Gasteiger partial charge in [-0.3, -0.25) is 0 Å². The van der Waals surface area contributed by atoms with Crippen LogP contribution in [0.5, 0.6) is 0 Å². The molecule has 2 rings (SSSR count). The quantitative estimate of drug-likeness (QED) is 0.766. The maximum absolute atomic E-state index is 12.6. The zero-order chi connectivity index (χ0) is 19.2. The minimum absolute atomic E-state index is 0.223. The molecule has 0 saturated heterocycles. The van der Waals surface area contributed by atoms with Crippen molar-refractivity contribution in [3.8, 4) is 0 Å². The Balaban J connectivity index is 1.88. The lowest BCUT2D eigenvalue weighted by molar-refractivity contribution is 0.0201. The molecule has 2 amide bonds. The molecule has 3 atom stereocenters. The molecule has 0 aromatic heterocycles. The summed E-state index contributed by atoms with van der Waals surface area (Å²) in [5, 5.41) is 2.68. The summed E-state index contributed by atoms with van der Waals surface area (Å²) >= 11 is 0. The van der Waals surface area contributed by atoms with E-state index in [1.54, 1.807) is 4.90 Å². The van der Waals surface area contributed by atoms with Crippen molar-refractivity contribution in [2.45, 2.75) is 72.1 Å². The number of carbonyl (C=O) groups excluding carboxylic acids is 2. The molecule has 1 N–H and O–H groups in total. The fraction of sp³-hybridized carbons (Fsp3) is 0.789. The van der Waals surface area contributed by atoms with Gasteiger partial charge in [0, 0.05) is 19.1 Å². The molecule has 6 nitrogen and oxygen atoms in total. The number of alkyl carbamates (subject to hydrolysis) is 1. The van der Waals surface area contributed by atoms with E-state index in [1.807, 2.05) is 41.5 Å². The third-order valence-corrected chi connectivity index (χ3v) is 4.53. The lowest BCUT2D eigenvalue weighted by Gasteiger charge is -2.31. The molecule has 25 heavy (non-hydrogen) atoms. The predicted molar refractivity (Wildman–Crippen MR) is 96.3 cm³/mol. The van der Waals surface area contributed by atoms with Gasteiger partial charge in [0.2, 0.25) is 0 Å². The average molecular weight is 352 g/mol. The Hall–Kier alpha value is -1.72. The highest BCUT2D eigenvalue weighted by molar-refractivity contribution is 5.71. The maximum Gasteiger partial charge on any atom is 0.410 e. The Bertz CT molecular complexity index is 573. The third kappa shape index (κ3) is 5.13. The molecule has 142 valence electrons. The van der Waals surface area contributed by atoms with Gasteiger partial charge < -0.3 is 19.7 Å². The fourth-order valence-corrected chi connectivity index (χ4v) is 3.10. The molecule has 0 aromatic rings. The summed E-state index contributed by atoms with van der Waals surface area (Å²) in [5.74, 6) is 0.576. The van der Waals surface area contributed by atoms with Crippen molar-refractivity contribution < 1.29 is 19.1 Å². The van der Waals surface area contributed by atoms with E-state index in [4.69, 9.17) is 9.47 Å². The van der Waals surface area contributed by atoms with E-state index in [2.05, 4.69) is 18.8 Å². The van der Waals surface area contributed by atoms with E-state index in [9.17, 15) is 9.59 Å². The molecule has 0 spiro atoms. The van der Waals surface area contributed by atoms with Crippen LogP contribution in [0.25, 0.3) is 0 Å². The van der Waals surface area contributed by atoms with Crippen molar-refractivity contribution in [2.75, 3.05) is 13.1 Å². The van der Waals surface area contributed by atoms with Crippen molar-refractivity contribution in [2.24, 2.45) is 11.3 Å². The van der Waals surface area contributed by atoms with E-state index in [0.717, 1.165) is 5.57 Å². The van der Waals surface area contributed by atoms with Crippen molar-refractivity contribution in [3.05, 3.63) is 12.2 Å². The van der Waals surface area contributed by atoms with E-state index in [-0.39, 0.29) is 24.1 Å². The summed E-state index contributed by atoms with van der Waals surface area (Å²) < 4.78 is 10.8. The molecule has 2 fully saturated rings. The van der Waals surface area contributed by atoms with E-state index < -0.39 is 17.3 Å². The Morgan fingerprint density at radius 1 is 1.16 bits per heavy atom. The maximum atomic E-state index is 12.6. The largest absolute Gasteiger partial charge is 0.444 e. The first-order chi connectivity index (χ1) is 11.2. The van der Waals surface area contributed by atoms with E-state index in [1.165, 1.54) is 6.42 Å². The summed E-state index contributed by atoms with van der Waals surface area (Å²) in [6.07, 6.45) is 0.364. The van der Waals surface area contributed by atoms with Crippen LogP contribution in [0.3, 0.4) is 0 Å². The molecular formula is C19H32N2O4. The summed E-state index contributed by atoms with van der Waals surface area (Å²) in [7, 11) is 0. The Labute approximate surface area is 150 Å². The first kappa shape index (κ1) is 19.6. The number of hydrogen-bond donors (Lipinski definition) is 1. The van der Waals surface area contributed by atoms with Crippen LogP contribution in [-0.2, 0) is 9.47 Å². The van der Waals surface area contributed by atoms with Gasteiger partial charge in [0.1, 0.15) is 11.2 Å². The fourth-order valence-electron chi connectivity index (χ4n) is 3.10. The molecule has 0 aromatic carbocycles. The first-order valence-corrected chi connectivity index (χ1v) is 8.86. The number of hydrogen-bond acceptors (Lipinski definition) is 4. The van der Waals surface area contributed by atoms with Gasteiger partial charge >= 0.3 is 12.2 Å². The topological polar surface area (TPSA) is 67.9 Å². The molecule has 0 radical (unpaired) electrons. The third-order valence-electron chi connectivity index (χ3n) is 4.53. The standard InChI is InChI=1S/C19H32N2O4/c1-12(10-20-15(22)24-17(2,3)4)11-21(14-13-9-19(13,14)8)16(23)25-18(5,6)7/h13-14H,1,9-11H2,2-8H3,(H,20,22)/t13-,14+,19-/m1/s1. The second-order valence-corrected chi connectivity index (χ2v) is 9.47. The van der Waals surface area contributed by atoms with Gasteiger partial charge in [-0.2, -0.15) is 0 Å². The van der Waals surface area contributed by atoms with Gasteiger partial charge in [-0.25, -0.2) is 9.59 Å². The number of nitrogens with one attached hydrogen (secondary N) is 1. The molecule has 0 bridgehead atoms. The summed E-state index contributed by atoms with van der Waals surface area (Å²) in [6.45, 7) is 17.8. The SMILES string of the molecule is C=C(CNC(=O)OC(C)(C)C)CN(C(=O)OC(C)(C)C)[C@H]1[C@H]2C[C@]21C. The average Bonchev–Trinajstić information content (AvgIpc) is 3.19. The highest BCUT2D eigenvalue weighted by Gasteiger charge is 2.78. The van der Waals surface area contributed by atoms with Gasteiger partial charge in [0.15, 0.2) is 0 Å². The molecule has 0 unspecified atom stereocenters. The van der Waals surface area contributed by atoms with Crippen molar-refractivity contribution in [1.82, 2.24) is 10.2 Å². The smallest absolute Gasteiger partial charge is 0.410 e. The normalized spacial score (nSPS) is 27.0. The van der Waals surface area contributed by atoms with Crippen molar-refractivity contribution >= 4 is 12.2 Å². The Kier molecular flexibility index (Phi) is 4.88. The van der Waals surface area contributed by atoms with Gasteiger partial charge in [0.05, 0.1) is 0 Å². The highest BCUT2D eigenvalue weighted by Crippen LogP contribution is 2.76. The minimum atomic E-state index is -0.544. The molecule has 2 aliphatic rings. The number of fused-ring (bicyclic) bond motifs is 1. The first-order valence-electron chi connectivity index (χ1n) is 8.86.